The highest BCUT2D eigenvalue weighted by Gasteiger charge is 2.38. The first-order valence-electron chi connectivity index (χ1n) is 5.41. The highest BCUT2D eigenvalue weighted by Crippen LogP contribution is 2.43. The Morgan fingerprint density at radius 3 is 2.08 bits per heavy atom. The van der Waals surface area contributed by atoms with E-state index in [4.69, 9.17) is 0 Å². The smallest absolute Gasteiger partial charge is 0.0543 e. The summed E-state index contributed by atoms with van der Waals surface area (Å²) in [5.74, 6) is 0.220. The van der Waals surface area contributed by atoms with Crippen molar-refractivity contribution in [3.05, 3.63) is 0 Å². The number of hydrogen-bond acceptors (Lipinski definition) is 2. The van der Waals surface area contributed by atoms with Gasteiger partial charge in [-0.15, -0.1) is 0 Å². The number of rotatable bonds is 3. The third-order valence-electron chi connectivity index (χ3n) is 3.85. The highest BCUT2D eigenvalue weighted by atomic mass is 16.3. The summed E-state index contributed by atoms with van der Waals surface area (Å²) < 4.78 is 0. The second kappa shape index (κ2) is 4.43. The van der Waals surface area contributed by atoms with E-state index in [-0.39, 0.29) is 24.0 Å². The summed E-state index contributed by atoms with van der Waals surface area (Å²) in [6.45, 7) is 4.13. The van der Waals surface area contributed by atoms with E-state index in [9.17, 15) is 10.2 Å². The molecule has 0 spiro atoms. The molecule has 0 aromatic carbocycles. The molecule has 1 aliphatic rings. The van der Waals surface area contributed by atoms with Gasteiger partial charge in [0.1, 0.15) is 0 Å². The molecule has 0 radical (unpaired) electrons. The van der Waals surface area contributed by atoms with Gasteiger partial charge in [-0.25, -0.2) is 0 Å². The van der Waals surface area contributed by atoms with Crippen molar-refractivity contribution in [2.45, 2.75) is 52.1 Å². The fraction of sp³-hybridized carbons (Fsp3) is 1.00. The Hall–Kier alpha value is -0.0800. The maximum Gasteiger partial charge on any atom is 0.0543 e. The number of aliphatic hydroxyl groups is 2. The van der Waals surface area contributed by atoms with Gasteiger partial charge in [-0.3, -0.25) is 0 Å². The topological polar surface area (TPSA) is 40.5 Å². The zero-order valence-electron chi connectivity index (χ0n) is 8.79. The van der Waals surface area contributed by atoms with Crippen molar-refractivity contribution in [2.75, 3.05) is 6.61 Å². The van der Waals surface area contributed by atoms with Crippen molar-refractivity contribution in [3.63, 3.8) is 0 Å². The van der Waals surface area contributed by atoms with Gasteiger partial charge in [-0.2, -0.15) is 0 Å². The molecule has 0 heterocycles. The lowest BCUT2D eigenvalue weighted by molar-refractivity contribution is -0.0267. The lowest BCUT2D eigenvalue weighted by Crippen LogP contribution is -2.40. The van der Waals surface area contributed by atoms with Gasteiger partial charge >= 0.3 is 0 Å². The van der Waals surface area contributed by atoms with Crippen molar-refractivity contribution in [1.29, 1.82) is 0 Å². The van der Waals surface area contributed by atoms with E-state index in [2.05, 4.69) is 6.92 Å². The van der Waals surface area contributed by atoms with Crippen LogP contribution in [0.25, 0.3) is 0 Å². The van der Waals surface area contributed by atoms with Crippen molar-refractivity contribution >= 4 is 0 Å². The molecule has 1 rings (SSSR count). The molecule has 2 atom stereocenters. The molecular weight excluding hydrogens is 164 g/mol. The minimum absolute atomic E-state index is 0.00637. The molecule has 0 amide bonds. The summed E-state index contributed by atoms with van der Waals surface area (Å²) in [5, 5.41) is 19.0. The molecule has 2 nitrogen and oxygen atoms in total. The zero-order valence-corrected chi connectivity index (χ0v) is 8.79. The Balaban J connectivity index is 2.66. The predicted molar refractivity (Wildman–Crippen MR) is 53.4 cm³/mol. The standard InChI is InChI=1S/C11H22O2/c1-9(10(2)13)11(8-12)6-4-3-5-7-11/h9-10,12-13H,3-8H2,1-2H3/t9-,10+/m1/s1. The maximum absolute atomic E-state index is 9.56. The quantitative estimate of drug-likeness (QED) is 0.707. The minimum Gasteiger partial charge on any atom is -0.396 e. The fourth-order valence-electron chi connectivity index (χ4n) is 2.53. The molecule has 0 aromatic heterocycles. The average Bonchev–Trinajstić information content (AvgIpc) is 2.17. The van der Waals surface area contributed by atoms with E-state index in [1.54, 1.807) is 0 Å². The second-order valence-corrected chi connectivity index (χ2v) is 4.61. The van der Waals surface area contributed by atoms with E-state index in [0.29, 0.717) is 0 Å². The minimum atomic E-state index is -0.301. The van der Waals surface area contributed by atoms with Gasteiger partial charge < -0.3 is 10.2 Å². The van der Waals surface area contributed by atoms with Gasteiger partial charge in [0.2, 0.25) is 0 Å². The van der Waals surface area contributed by atoms with Crippen LogP contribution in [0.1, 0.15) is 46.0 Å². The molecule has 2 N–H and O–H groups in total. The molecule has 0 bridgehead atoms. The van der Waals surface area contributed by atoms with Gasteiger partial charge in [0.15, 0.2) is 0 Å². The van der Waals surface area contributed by atoms with Crippen LogP contribution in [0.4, 0.5) is 0 Å². The van der Waals surface area contributed by atoms with Gasteiger partial charge in [-0.1, -0.05) is 26.2 Å². The third kappa shape index (κ3) is 2.23. The molecule has 2 heteroatoms. The first-order valence-corrected chi connectivity index (χ1v) is 5.41. The van der Waals surface area contributed by atoms with E-state index in [1.165, 1.54) is 19.3 Å². The molecule has 1 aliphatic carbocycles. The fourth-order valence-corrected chi connectivity index (χ4v) is 2.53. The van der Waals surface area contributed by atoms with Crippen LogP contribution < -0.4 is 0 Å². The maximum atomic E-state index is 9.56. The molecule has 78 valence electrons. The lowest BCUT2D eigenvalue weighted by atomic mass is 9.65. The van der Waals surface area contributed by atoms with E-state index in [1.807, 2.05) is 6.92 Å². The van der Waals surface area contributed by atoms with Crippen LogP contribution in [0.5, 0.6) is 0 Å². The van der Waals surface area contributed by atoms with Crippen LogP contribution in [0.15, 0.2) is 0 Å². The first kappa shape index (κ1) is 11.0. The highest BCUT2D eigenvalue weighted by molar-refractivity contribution is 4.88. The summed E-state index contributed by atoms with van der Waals surface area (Å²) in [4.78, 5) is 0. The predicted octanol–water partition coefficient (Wildman–Crippen LogP) is 1.95. The van der Waals surface area contributed by atoms with Gasteiger partial charge in [0.05, 0.1) is 6.10 Å². The molecule has 1 fully saturated rings. The van der Waals surface area contributed by atoms with Crippen LogP contribution in [-0.2, 0) is 0 Å². The van der Waals surface area contributed by atoms with Crippen LogP contribution in [0.2, 0.25) is 0 Å². The van der Waals surface area contributed by atoms with Crippen LogP contribution in [0, 0.1) is 11.3 Å². The van der Waals surface area contributed by atoms with E-state index in [0.717, 1.165) is 12.8 Å². The van der Waals surface area contributed by atoms with Crippen LogP contribution in [0.3, 0.4) is 0 Å². The van der Waals surface area contributed by atoms with Crippen molar-refractivity contribution < 1.29 is 10.2 Å². The molecule has 13 heavy (non-hydrogen) atoms. The zero-order chi connectivity index (χ0) is 9.90. The number of hydrogen-bond donors (Lipinski definition) is 2. The molecule has 0 aliphatic heterocycles. The molecule has 1 saturated carbocycles. The van der Waals surface area contributed by atoms with E-state index >= 15 is 0 Å². The van der Waals surface area contributed by atoms with E-state index < -0.39 is 0 Å². The lowest BCUT2D eigenvalue weighted by Gasteiger charge is -2.42. The van der Waals surface area contributed by atoms with Crippen molar-refractivity contribution in [1.82, 2.24) is 0 Å². The summed E-state index contributed by atoms with van der Waals surface area (Å²) in [6.07, 6.45) is 5.56. The Morgan fingerprint density at radius 1 is 1.15 bits per heavy atom. The largest absolute Gasteiger partial charge is 0.396 e. The Bertz CT molecular complexity index is 148. The first-order chi connectivity index (χ1) is 6.12. The summed E-state index contributed by atoms with van der Waals surface area (Å²) >= 11 is 0. The second-order valence-electron chi connectivity index (χ2n) is 4.61. The van der Waals surface area contributed by atoms with Gasteiger partial charge in [0, 0.05) is 6.61 Å². The Kier molecular flexibility index (Phi) is 3.74. The summed E-state index contributed by atoms with van der Waals surface area (Å²) in [6, 6.07) is 0. The van der Waals surface area contributed by atoms with Crippen molar-refractivity contribution in [3.8, 4) is 0 Å². The summed E-state index contributed by atoms with van der Waals surface area (Å²) in [7, 11) is 0. The average molecular weight is 186 g/mol. The van der Waals surface area contributed by atoms with Gasteiger partial charge in [0.25, 0.3) is 0 Å². The molecular formula is C11H22O2. The Morgan fingerprint density at radius 2 is 1.69 bits per heavy atom. The Labute approximate surface area is 81.0 Å². The van der Waals surface area contributed by atoms with Gasteiger partial charge in [-0.05, 0) is 31.1 Å². The summed E-state index contributed by atoms with van der Waals surface area (Å²) in [5.41, 5.74) is 0.00637. The monoisotopic (exact) mass is 186 g/mol. The normalized spacial score (nSPS) is 26.8. The van der Waals surface area contributed by atoms with Crippen LogP contribution in [-0.4, -0.2) is 22.9 Å². The van der Waals surface area contributed by atoms with Crippen molar-refractivity contribution in [2.24, 2.45) is 11.3 Å². The number of aliphatic hydroxyl groups excluding tert-OH is 2. The SMILES string of the molecule is C[C@H](O)[C@@H](C)C1(CO)CCCCC1. The molecule has 0 unspecified atom stereocenters. The van der Waals surface area contributed by atoms with Crippen LogP contribution >= 0.6 is 0 Å². The third-order valence-corrected chi connectivity index (χ3v) is 3.85. The molecule has 0 aromatic rings. The molecule has 0 saturated heterocycles.